The van der Waals surface area contributed by atoms with Crippen LogP contribution in [0.5, 0.6) is 0 Å². The fraction of sp³-hybridized carbons (Fsp3) is 0.870. The molecule has 6 aliphatic rings. The molecule has 0 aromatic rings. The van der Waals surface area contributed by atoms with Gasteiger partial charge in [0, 0.05) is 30.6 Å². The van der Waals surface area contributed by atoms with Crippen molar-refractivity contribution in [2.75, 3.05) is 26.4 Å². The lowest BCUT2D eigenvalue weighted by molar-refractivity contribution is -0.239. The highest BCUT2D eigenvalue weighted by Crippen LogP contribution is 2.68. The molecule has 28 heavy (non-hydrogen) atoms. The molecule has 2 heterocycles. The zero-order chi connectivity index (χ0) is 19.2. The van der Waals surface area contributed by atoms with Crippen molar-refractivity contribution in [3.63, 3.8) is 0 Å². The maximum atomic E-state index is 13.7. The zero-order valence-corrected chi connectivity index (χ0v) is 17.1. The number of allylic oxidation sites excluding steroid dienone is 1. The molecule has 0 aromatic heterocycles. The Hall–Kier alpha value is -0.750. The molecule has 2 saturated heterocycles. The minimum atomic E-state index is -0.517. The van der Waals surface area contributed by atoms with E-state index in [1.807, 2.05) is 0 Å². The molecule has 0 aromatic carbocycles. The molecular weight excluding hydrogens is 356 g/mol. The number of fused-ring (bicyclic) bond motifs is 6. The molecule has 0 bridgehead atoms. The number of carbonyl (C=O) groups is 1. The Balaban J connectivity index is 1.37. The van der Waals surface area contributed by atoms with Crippen LogP contribution in [-0.2, 0) is 23.7 Å². The molecule has 154 valence electrons. The van der Waals surface area contributed by atoms with Crippen molar-refractivity contribution in [2.24, 2.45) is 28.6 Å². The Morgan fingerprint density at radius 2 is 1.64 bits per heavy atom. The second-order valence-corrected chi connectivity index (χ2v) is 10.4. The maximum absolute atomic E-state index is 13.7. The molecule has 4 aliphatic carbocycles. The third-order valence-electron chi connectivity index (χ3n) is 9.39. The standard InChI is InChI=1S/C23H32O5/c1-20-7-8-22(25-9-10-26-22)13-15(20)3-4-16-17-5-6-23(27-11-12-28-23)21(17,2)14-18(24)19(16)20/h13,16-17,19H,3-12,14H2,1-2H3/t16-,17-,19+,20-,21+/m1/s1. The Kier molecular flexibility index (Phi) is 3.67. The van der Waals surface area contributed by atoms with Crippen LogP contribution >= 0.6 is 0 Å². The van der Waals surface area contributed by atoms with Gasteiger partial charge in [-0.3, -0.25) is 4.79 Å². The van der Waals surface area contributed by atoms with Crippen molar-refractivity contribution in [1.82, 2.24) is 0 Å². The van der Waals surface area contributed by atoms with Gasteiger partial charge in [0.15, 0.2) is 11.6 Å². The van der Waals surface area contributed by atoms with Gasteiger partial charge in [-0.05, 0) is 49.0 Å². The lowest BCUT2D eigenvalue weighted by Crippen LogP contribution is -2.59. The van der Waals surface area contributed by atoms with Gasteiger partial charge in [-0.2, -0.15) is 0 Å². The summed E-state index contributed by atoms with van der Waals surface area (Å²) in [5.74, 6) is 0.484. The number of hydrogen-bond acceptors (Lipinski definition) is 5. The smallest absolute Gasteiger partial charge is 0.188 e. The highest BCUT2D eigenvalue weighted by atomic mass is 16.7. The third kappa shape index (κ3) is 2.09. The van der Waals surface area contributed by atoms with E-state index in [-0.39, 0.29) is 16.7 Å². The second-order valence-electron chi connectivity index (χ2n) is 10.4. The first-order chi connectivity index (χ1) is 13.4. The van der Waals surface area contributed by atoms with Crippen molar-refractivity contribution in [2.45, 2.75) is 70.4 Å². The predicted octanol–water partition coefficient (Wildman–Crippen LogP) is 3.61. The highest BCUT2D eigenvalue weighted by molar-refractivity contribution is 5.85. The number of rotatable bonds is 0. The van der Waals surface area contributed by atoms with Crippen molar-refractivity contribution in [3.8, 4) is 0 Å². The minimum Gasteiger partial charge on any atom is -0.347 e. The highest BCUT2D eigenvalue weighted by Gasteiger charge is 2.69. The van der Waals surface area contributed by atoms with Crippen LogP contribution < -0.4 is 0 Å². The first-order valence-corrected chi connectivity index (χ1v) is 11.2. The summed E-state index contributed by atoms with van der Waals surface area (Å²) in [6.45, 7) is 7.29. The van der Waals surface area contributed by atoms with E-state index in [1.165, 1.54) is 5.57 Å². The molecular formula is C23H32O5. The molecule has 5 heteroatoms. The van der Waals surface area contributed by atoms with Crippen molar-refractivity contribution in [3.05, 3.63) is 11.6 Å². The van der Waals surface area contributed by atoms with E-state index in [4.69, 9.17) is 18.9 Å². The fourth-order valence-electron chi connectivity index (χ4n) is 8.08. The normalized spacial score (nSPS) is 48.4. The number of carbonyl (C=O) groups excluding carboxylic acids is 1. The van der Waals surface area contributed by atoms with E-state index in [0.717, 1.165) is 38.5 Å². The topological polar surface area (TPSA) is 54.0 Å². The summed E-state index contributed by atoms with van der Waals surface area (Å²) < 4.78 is 24.3. The van der Waals surface area contributed by atoms with Crippen LogP contribution in [0.1, 0.15) is 58.8 Å². The lowest BCUT2D eigenvalue weighted by Gasteiger charge is -2.58. The zero-order valence-electron chi connectivity index (χ0n) is 17.1. The summed E-state index contributed by atoms with van der Waals surface area (Å²) in [4.78, 5) is 13.7. The van der Waals surface area contributed by atoms with E-state index in [2.05, 4.69) is 19.9 Å². The SMILES string of the molecule is C[C@]12CC(=O)[C@@H]3[C@H](CCC4=CC5(CC[C@]43C)OCCO5)[C@H]1CCC21OCCO1. The summed E-state index contributed by atoms with van der Waals surface area (Å²) in [7, 11) is 0. The van der Waals surface area contributed by atoms with Crippen LogP contribution in [0.15, 0.2) is 11.6 Å². The molecule has 6 rings (SSSR count). The van der Waals surface area contributed by atoms with Gasteiger partial charge in [-0.25, -0.2) is 0 Å². The molecule has 0 amide bonds. The summed E-state index contributed by atoms with van der Waals surface area (Å²) in [6, 6.07) is 0. The average molecular weight is 389 g/mol. The quantitative estimate of drug-likeness (QED) is 0.594. The largest absolute Gasteiger partial charge is 0.347 e. The Morgan fingerprint density at radius 3 is 2.39 bits per heavy atom. The predicted molar refractivity (Wildman–Crippen MR) is 101 cm³/mol. The number of hydrogen-bond donors (Lipinski definition) is 0. The van der Waals surface area contributed by atoms with Gasteiger partial charge in [-0.15, -0.1) is 0 Å². The number of ether oxygens (including phenoxy) is 4. The molecule has 5 atom stereocenters. The first-order valence-electron chi connectivity index (χ1n) is 11.2. The van der Waals surface area contributed by atoms with Crippen molar-refractivity contribution in [1.29, 1.82) is 0 Å². The van der Waals surface area contributed by atoms with Crippen LogP contribution in [-0.4, -0.2) is 43.8 Å². The third-order valence-corrected chi connectivity index (χ3v) is 9.39. The maximum Gasteiger partial charge on any atom is 0.188 e. The van der Waals surface area contributed by atoms with Gasteiger partial charge in [0.25, 0.3) is 0 Å². The number of ketones is 1. The summed E-state index contributed by atoms with van der Waals surface area (Å²) in [5, 5.41) is 0. The van der Waals surface area contributed by atoms with Crippen molar-refractivity contribution < 1.29 is 23.7 Å². The Morgan fingerprint density at radius 1 is 0.929 bits per heavy atom. The van der Waals surface area contributed by atoms with Crippen LogP contribution in [0.4, 0.5) is 0 Å². The molecule has 0 N–H and O–H groups in total. The lowest BCUT2D eigenvalue weighted by atomic mass is 9.46. The van der Waals surface area contributed by atoms with E-state index in [9.17, 15) is 4.79 Å². The van der Waals surface area contributed by atoms with E-state index >= 15 is 0 Å². The van der Waals surface area contributed by atoms with Gasteiger partial charge >= 0.3 is 0 Å². The summed E-state index contributed by atoms with van der Waals surface area (Å²) in [5.41, 5.74) is 1.18. The average Bonchev–Trinajstić information content (AvgIpc) is 3.38. The van der Waals surface area contributed by atoms with Gasteiger partial charge in [-0.1, -0.05) is 19.4 Å². The summed E-state index contributed by atoms with van der Waals surface area (Å²) >= 11 is 0. The minimum absolute atomic E-state index is 0.0466. The van der Waals surface area contributed by atoms with Gasteiger partial charge in [0.1, 0.15) is 5.78 Å². The van der Waals surface area contributed by atoms with E-state index in [0.29, 0.717) is 50.5 Å². The number of Topliss-reactive ketones (excluding diaryl/α,β-unsaturated/α-hetero) is 1. The molecule has 5 fully saturated rings. The van der Waals surface area contributed by atoms with Gasteiger partial charge in [0.2, 0.25) is 0 Å². The molecule has 2 aliphatic heterocycles. The monoisotopic (exact) mass is 388 g/mol. The summed E-state index contributed by atoms with van der Waals surface area (Å²) in [6.07, 6.45) is 8.89. The first kappa shape index (κ1) is 18.1. The molecule has 5 nitrogen and oxygen atoms in total. The fourth-order valence-corrected chi connectivity index (χ4v) is 8.08. The van der Waals surface area contributed by atoms with Crippen LogP contribution in [0, 0.1) is 28.6 Å². The van der Waals surface area contributed by atoms with E-state index < -0.39 is 11.6 Å². The van der Waals surface area contributed by atoms with Crippen LogP contribution in [0.3, 0.4) is 0 Å². The van der Waals surface area contributed by atoms with Gasteiger partial charge < -0.3 is 18.9 Å². The van der Waals surface area contributed by atoms with Crippen molar-refractivity contribution >= 4 is 5.78 Å². The molecule has 2 spiro atoms. The van der Waals surface area contributed by atoms with Crippen LogP contribution in [0.2, 0.25) is 0 Å². The van der Waals surface area contributed by atoms with Gasteiger partial charge in [0.05, 0.1) is 26.4 Å². The van der Waals surface area contributed by atoms with Crippen LogP contribution in [0.25, 0.3) is 0 Å². The van der Waals surface area contributed by atoms with E-state index in [1.54, 1.807) is 0 Å². The Bertz CT molecular complexity index is 731. The molecule has 3 saturated carbocycles. The molecule has 0 radical (unpaired) electrons. The second kappa shape index (κ2) is 5.69. The Labute approximate surface area is 167 Å². The molecule has 0 unspecified atom stereocenters.